The molecule has 1 saturated heterocycles. The lowest BCUT2D eigenvalue weighted by Crippen LogP contribution is -2.46. The van der Waals surface area contributed by atoms with Gasteiger partial charge in [-0.3, -0.25) is 9.59 Å². The largest absolute Gasteiger partial charge is 0.481 e. The molecule has 1 rings (SSSR count). The molecule has 4 N–H and O–H groups in total. The van der Waals surface area contributed by atoms with Gasteiger partial charge in [-0.25, -0.2) is 0 Å². The number of carbonyl (C=O) groups is 2. The molecule has 0 aromatic carbocycles. The van der Waals surface area contributed by atoms with Crippen LogP contribution in [0.4, 0.5) is 0 Å². The summed E-state index contributed by atoms with van der Waals surface area (Å²) < 4.78 is 0.351. The Morgan fingerprint density at radius 3 is 2.58 bits per heavy atom. The maximum Gasteiger partial charge on any atom is 0.305 e. The summed E-state index contributed by atoms with van der Waals surface area (Å²) in [4.78, 5) is 22.1. The number of rotatable bonds is 7. The summed E-state index contributed by atoms with van der Waals surface area (Å²) >= 11 is 1.98. The van der Waals surface area contributed by atoms with Crippen molar-refractivity contribution in [1.29, 1.82) is 0 Å². The molecule has 0 bridgehead atoms. The molecular formula is C13H24N2O3S. The average molecular weight is 288 g/mol. The van der Waals surface area contributed by atoms with E-state index in [9.17, 15) is 9.59 Å². The molecule has 1 amide bonds. The predicted octanol–water partition coefficient (Wildman–Crippen LogP) is 1.21. The highest BCUT2D eigenvalue weighted by molar-refractivity contribution is 8.02. The van der Waals surface area contributed by atoms with E-state index < -0.39 is 12.0 Å². The van der Waals surface area contributed by atoms with Gasteiger partial charge in [0, 0.05) is 10.8 Å². The van der Waals surface area contributed by atoms with E-state index in [0.29, 0.717) is 10.7 Å². The second-order valence-corrected chi connectivity index (χ2v) is 7.48. The second-order valence-electron chi connectivity index (χ2n) is 5.80. The Labute approximate surface area is 118 Å². The molecule has 5 nitrogen and oxygen atoms in total. The standard InChI is InChI=1S/C13H24N2O3S/c1-8(4-5-9-7-19-13(9,2)3)15-12(18)10(14)6-11(16)17/h8-10H,4-7,14H2,1-3H3,(H,15,18)(H,16,17)/t8?,9?,10-/m0/s1. The van der Waals surface area contributed by atoms with Crippen LogP contribution in [0.15, 0.2) is 0 Å². The summed E-state index contributed by atoms with van der Waals surface area (Å²) in [5.41, 5.74) is 5.51. The molecule has 1 aliphatic heterocycles. The highest BCUT2D eigenvalue weighted by Crippen LogP contribution is 2.47. The summed E-state index contributed by atoms with van der Waals surface area (Å²) in [6.45, 7) is 6.43. The van der Waals surface area contributed by atoms with Crippen molar-refractivity contribution < 1.29 is 14.7 Å². The third-order valence-corrected chi connectivity index (χ3v) is 5.35. The van der Waals surface area contributed by atoms with E-state index in [4.69, 9.17) is 10.8 Å². The van der Waals surface area contributed by atoms with Crippen LogP contribution in [0.25, 0.3) is 0 Å². The van der Waals surface area contributed by atoms with Crippen LogP contribution in [-0.4, -0.2) is 39.6 Å². The van der Waals surface area contributed by atoms with Gasteiger partial charge in [0.1, 0.15) is 0 Å². The van der Waals surface area contributed by atoms with E-state index in [1.54, 1.807) is 0 Å². The van der Waals surface area contributed by atoms with Gasteiger partial charge < -0.3 is 16.2 Å². The van der Waals surface area contributed by atoms with Crippen LogP contribution < -0.4 is 11.1 Å². The predicted molar refractivity (Wildman–Crippen MR) is 77.1 cm³/mol. The Balaban J connectivity index is 2.25. The van der Waals surface area contributed by atoms with E-state index in [-0.39, 0.29) is 18.4 Å². The Morgan fingerprint density at radius 1 is 1.53 bits per heavy atom. The summed E-state index contributed by atoms with van der Waals surface area (Å²) in [6, 6.07) is -0.926. The SMILES string of the molecule is CC(CCC1CSC1(C)C)NC(=O)[C@@H](N)CC(=O)O. The maximum atomic E-state index is 11.6. The van der Waals surface area contributed by atoms with Gasteiger partial charge in [-0.2, -0.15) is 11.8 Å². The quantitative estimate of drug-likeness (QED) is 0.655. The fourth-order valence-corrected chi connectivity index (χ4v) is 3.47. The molecule has 0 spiro atoms. The van der Waals surface area contributed by atoms with Gasteiger partial charge in [0.2, 0.25) is 5.91 Å². The Morgan fingerprint density at radius 2 is 2.16 bits per heavy atom. The van der Waals surface area contributed by atoms with Gasteiger partial charge in [0.15, 0.2) is 0 Å². The molecular weight excluding hydrogens is 264 g/mol. The number of hydrogen-bond acceptors (Lipinski definition) is 4. The minimum atomic E-state index is -1.05. The van der Waals surface area contributed by atoms with Crippen molar-refractivity contribution in [3.8, 4) is 0 Å². The zero-order chi connectivity index (χ0) is 14.6. The first-order valence-electron chi connectivity index (χ1n) is 6.64. The van der Waals surface area contributed by atoms with E-state index in [2.05, 4.69) is 19.2 Å². The Kier molecular flexibility index (Phi) is 5.67. The van der Waals surface area contributed by atoms with Crippen LogP contribution >= 0.6 is 11.8 Å². The number of nitrogens with two attached hydrogens (primary N) is 1. The lowest BCUT2D eigenvalue weighted by Gasteiger charge is -2.44. The van der Waals surface area contributed by atoms with Crippen LogP contribution in [0.1, 0.15) is 40.0 Å². The third kappa shape index (κ3) is 5.03. The summed E-state index contributed by atoms with van der Waals surface area (Å²) in [6.07, 6.45) is 1.65. The van der Waals surface area contributed by atoms with Crippen molar-refractivity contribution >= 4 is 23.6 Å². The molecule has 0 aromatic heterocycles. The molecule has 110 valence electrons. The first kappa shape index (κ1) is 16.3. The van der Waals surface area contributed by atoms with Crippen molar-refractivity contribution in [2.45, 2.75) is 56.9 Å². The topological polar surface area (TPSA) is 92.4 Å². The van der Waals surface area contributed by atoms with E-state index >= 15 is 0 Å². The molecule has 6 heteroatoms. The fraction of sp³-hybridized carbons (Fsp3) is 0.846. The summed E-state index contributed by atoms with van der Waals surface area (Å²) in [5.74, 6) is 0.455. The monoisotopic (exact) mass is 288 g/mol. The number of hydrogen-bond donors (Lipinski definition) is 3. The molecule has 0 aromatic rings. The zero-order valence-corrected chi connectivity index (χ0v) is 12.6. The van der Waals surface area contributed by atoms with Gasteiger partial charge >= 0.3 is 5.97 Å². The molecule has 1 fully saturated rings. The summed E-state index contributed by atoms with van der Waals surface area (Å²) in [5, 5.41) is 11.4. The van der Waals surface area contributed by atoms with Crippen molar-refractivity contribution in [2.75, 3.05) is 5.75 Å². The van der Waals surface area contributed by atoms with Crippen LogP contribution in [0.3, 0.4) is 0 Å². The number of carboxylic acid groups (broad SMARTS) is 1. The maximum absolute atomic E-state index is 11.6. The van der Waals surface area contributed by atoms with Crippen molar-refractivity contribution in [3.63, 3.8) is 0 Å². The third-order valence-electron chi connectivity index (χ3n) is 3.71. The summed E-state index contributed by atoms with van der Waals surface area (Å²) in [7, 11) is 0. The first-order valence-corrected chi connectivity index (χ1v) is 7.62. The van der Waals surface area contributed by atoms with Crippen LogP contribution in [0, 0.1) is 5.92 Å². The van der Waals surface area contributed by atoms with Gasteiger partial charge in [-0.1, -0.05) is 13.8 Å². The van der Waals surface area contributed by atoms with Gasteiger partial charge in [0.25, 0.3) is 0 Å². The van der Waals surface area contributed by atoms with Gasteiger partial charge in [0.05, 0.1) is 12.5 Å². The second kappa shape index (κ2) is 6.61. The molecule has 19 heavy (non-hydrogen) atoms. The highest BCUT2D eigenvalue weighted by atomic mass is 32.2. The van der Waals surface area contributed by atoms with Gasteiger partial charge in [-0.15, -0.1) is 0 Å². The minimum absolute atomic E-state index is 0.0359. The molecule has 1 aliphatic rings. The van der Waals surface area contributed by atoms with E-state index in [0.717, 1.165) is 12.8 Å². The minimum Gasteiger partial charge on any atom is -0.481 e. The highest BCUT2D eigenvalue weighted by Gasteiger charge is 2.38. The molecule has 2 unspecified atom stereocenters. The fourth-order valence-electron chi connectivity index (χ4n) is 2.12. The van der Waals surface area contributed by atoms with Gasteiger partial charge in [-0.05, 0) is 31.4 Å². The van der Waals surface area contributed by atoms with Crippen molar-refractivity contribution in [2.24, 2.45) is 11.7 Å². The lowest BCUT2D eigenvalue weighted by molar-refractivity contribution is -0.139. The molecule has 0 saturated carbocycles. The van der Waals surface area contributed by atoms with Crippen LogP contribution in [-0.2, 0) is 9.59 Å². The number of carboxylic acids is 1. The smallest absolute Gasteiger partial charge is 0.305 e. The normalized spacial score (nSPS) is 24.1. The number of amides is 1. The van der Waals surface area contributed by atoms with Crippen LogP contribution in [0.2, 0.25) is 0 Å². The average Bonchev–Trinajstić information content (AvgIpc) is 2.26. The lowest BCUT2D eigenvalue weighted by atomic mass is 9.89. The first-order chi connectivity index (χ1) is 8.72. The van der Waals surface area contributed by atoms with E-state index in [1.165, 1.54) is 5.75 Å². The molecule has 3 atom stereocenters. The zero-order valence-electron chi connectivity index (χ0n) is 11.8. The number of carbonyl (C=O) groups excluding carboxylic acids is 1. The number of thioether (sulfide) groups is 1. The van der Waals surface area contributed by atoms with Crippen molar-refractivity contribution in [1.82, 2.24) is 5.32 Å². The van der Waals surface area contributed by atoms with Crippen molar-refractivity contribution in [3.05, 3.63) is 0 Å². The van der Waals surface area contributed by atoms with E-state index in [1.807, 2.05) is 18.7 Å². The molecule has 1 heterocycles. The molecule has 0 aliphatic carbocycles. The molecule has 0 radical (unpaired) electrons. The number of aliphatic carboxylic acids is 1. The van der Waals surface area contributed by atoms with Crippen LogP contribution in [0.5, 0.6) is 0 Å². The Hall–Kier alpha value is -0.750. The number of nitrogens with one attached hydrogen (secondary N) is 1. The Bertz CT molecular complexity index is 347.